The lowest BCUT2D eigenvalue weighted by Crippen LogP contribution is -2.87. The number of carbonyl (C=O) groups is 2. The van der Waals surface area contributed by atoms with Gasteiger partial charge < -0.3 is 10.6 Å². The maximum absolute atomic E-state index is 11.7. The van der Waals surface area contributed by atoms with Gasteiger partial charge in [-0.1, -0.05) is 43.1 Å². The van der Waals surface area contributed by atoms with Crippen LogP contribution in [0.5, 0.6) is 0 Å². The van der Waals surface area contributed by atoms with E-state index in [1.165, 1.54) is 0 Å². The lowest BCUT2D eigenvalue weighted by Gasteiger charge is -2.13. The van der Waals surface area contributed by atoms with Crippen molar-refractivity contribution < 1.29 is 14.9 Å². The molecule has 1 aromatic carbocycles. The molecular weight excluding hydrogens is 325 g/mol. The van der Waals surface area contributed by atoms with Gasteiger partial charge in [0.2, 0.25) is 0 Å². The standard InChI is InChI=1S/C15H21Cl2N3O2/c1-9(2)7-19-15(22)20-14(21)8-18-10(3)12-5-4-11(16)6-13(12)17/h4-6,9-10,18H,7-8H2,1-3H3,(H2,19,20,21,22)/p+1/t10-/m1/s1. The average molecular weight is 347 g/mol. The molecule has 0 aliphatic heterocycles. The highest BCUT2D eigenvalue weighted by molar-refractivity contribution is 6.35. The summed E-state index contributed by atoms with van der Waals surface area (Å²) in [6.45, 7) is 6.55. The van der Waals surface area contributed by atoms with Gasteiger partial charge in [-0.3, -0.25) is 10.1 Å². The molecule has 0 saturated carbocycles. The summed E-state index contributed by atoms with van der Waals surface area (Å²) in [5.41, 5.74) is 0.892. The molecule has 3 amide bonds. The molecule has 1 rings (SSSR count). The second-order valence-electron chi connectivity index (χ2n) is 5.55. The molecule has 0 aliphatic carbocycles. The summed E-state index contributed by atoms with van der Waals surface area (Å²) in [5, 5.41) is 7.86. The van der Waals surface area contributed by atoms with Gasteiger partial charge in [0.25, 0.3) is 5.91 Å². The molecule has 0 aliphatic rings. The summed E-state index contributed by atoms with van der Waals surface area (Å²) < 4.78 is 0. The largest absolute Gasteiger partial charge is 0.338 e. The third-order valence-electron chi connectivity index (χ3n) is 3.03. The lowest BCUT2D eigenvalue weighted by atomic mass is 10.1. The summed E-state index contributed by atoms with van der Waals surface area (Å²) in [7, 11) is 0. The fourth-order valence-electron chi connectivity index (χ4n) is 1.80. The molecule has 0 heterocycles. The smallest absolute Gasteiger partial charge is 0.321 e. The van der Waals surface area contributed by atoms with Crippen LogP contribution in [0.1, 0.15) is 32.4 Å². The molecule has 4 N–H and O–H groups in total. The minimum atomic E-state index is -0.468. The first-order valence-electron chi connectivity index (χ1n) is 7.15. The van der Waals surface area contributed by atoms with Crippen molar-refractivity contribution in [1.82, 2.24) is 10.6 Å². The Bertz CT molecular complexity index is 536. The quantitative estimate of drug-likeness (QED) is 0.737. The molecule has 0 aromatic heterocycles. The van der Waals surface area contributed by atoms with Crippen LogP contribution >= 0.6 is 23.2 Å². The number of hydrogen-bond acceptors (Lipinski definition) is 2. The van der Waals surface area contributed by atoms with E-state index in [-0.39, 0.29) is 18.5 Å². The Balaban J connectivity index is 2.41. The lowest BCUT2D eigenvalue weighted by molar-refractivity contribution is -0.682. The summed E-state index contributed by atoms with van der Waals surface area (Å²) in [6.07, 6.45) is 0. The molecule has 0 radical (unpaired) electrons. The molecule has 0 saturated heterocycles. The van der Waals surface area contributed by atoms with Crippen molar-refractivity contribution in [3.05, 3.63) is 33.8 Å². The van der Waals surface area contributed by atoms with E-state index < -0.39 is 6.03 Å². The van der Waals surface area contributed by atoms with Gasteiger partial charge in [-0.25, -0.2) is 4.79 Å². The highest BCUT2D eigenvalue weighted by Crippen LogP contribution is 2.24. The first-order chi connectivity index (χ1) is 10.3. The van der Waals surface area contributed by atoms with Crippen LogP contribution in [0.3, 0.4) is 0 Å². The Hall–Kier alpha value is -1.30. The third kappa shape index (κ3) is 6.64. The number of urea groups is 1. The van der Waals surface area contributed by atoms with E-state index in [1.807, 2.05) is 26.8 Å². The van der Waals surface area contributed by atoms with Crippen LogP contribution in [0.2, 0.25) is 10.0 Å². The average Bonchev–Trinajstić information content (AvgIpc) is 2.42. The first-order valence-corrected chi connectivity index (χ1v) is 7.91. The molecule has 7 heteroatoms. The molecule has 0 bridgehead atoms. The van der Waals surface area contributed by atoms with Crippen LogP contribution in [0.4, 0.5) is 4.79 Å². The molecule has 122 valence electrons. The number of benzene rings is 1. The van der Waals surface area contributed by atoms with Crippen molar-refractivity contribution in [2.24, 2.45) is 5.92 Å². The molecule has 5 nitrogen and oxygen atoms in total. The Morgan fingerprint density at radius 2 is 1.91 bits per heavy atom. The van der Waals surface area contributed by atoms with Gasteiger partial charge >= 0.3 is 6.03 Å². The predicted molar refractivity (Wildman–Crippen MR) is 88.0 cm³/mol. The fourth-order valence-corrected chi connectivity index (χ4v) is 2.38. The molecule has 0 fully saturated rings. The second kappa shape index (κ2) is 8.98. The number of halogens is 2. The van der Waals surface area contributed by atoms with Gasteiger partial charge in [0.05, 0.1) is 5.02 Å². The van der Waals surface area contributed by atoms with Gasteiger partial charge in [-0.05, 0) is 25.0 Å². The van der Waals surface area contributed by atoms with Crippen molar-refractivity contribution in [3.8, 4) is 0 Å². The topological polar surface area (TPSA) is 74.8 Å². The van der Waals surface area contributed by atoms with Gasteiger partial charge in [-0.2, -0.15) is 0 Å². The molecule has 1 aromatic rings. The van der Waals surface area contributed by atoms with Crippen LogP contribution in [0.25, 0.3) is 0 Å². The number of quaternary nitrogens is 1. The van der Waals surface area contributed by atoms with Crippen molar-refractivity contribution >= 4 is 35.1 Å². The van der Waals surface area contributed by atoms with Crippen LogP contribution in [-0.4, -0.2) is 25.0 Å². The minimum absolute atomic E-state index is 0.0192. The molecule has 0 spiro atoms. The summed E-state index contributed by atoms with van der Waals surface area (Å²) in [5.74, 6) is -0.0160. The van der Waals surface area contributed by atoms with Gasteiger partial charge in [0.1, 0.15) is 6.04 Å². The maximum atomic E-state index is 11.7. The van der Waals surface area contributed by atoms with E-state index >= 15 is 0 Å². The molecule has 0 unspecified atom stereocenters. The Morgan fingerprint density at radius 3 is 2.50 bits per heavy atom. The van der Waals surface area contributed by atoms with Crippen LogP contribution in [-0.2, 0) is 4.79 Å². The number of carbonyl (C=O) groups excluding carboxylic acids is 2. The van der Waals surface area contributed by atoms with E-state index in [4.69, 9.17) is 23.2 Å². The first kappa shape index (κ1) is 18.7. The van der Waals surface area contributed by atoms with E-state index in [9.17, 15) is 9.59 Å². The zero-order valence-corrected chi connectivity index (χ0v) is 14.5. The summed E-state index contributed by atoms with van der Waals surface area (Å²) in [6, 6.07) is 4.77. The monoisotopic (exact) mass is 346 g/mol. The van der Waals surface area contributed by atoms with E-state index in [0.717, 1.165) is 5.56 Å². The molecule has 1 atom stereocenters. The number of nitrogens with one attached hydrogen (secondary N) is 2. The van der Waals surface area contributed by atoms with Crippen molar-refractivity contribution in [1.29, 1.82) is 0 Å². The minimum Gasteiger partial charge on any atom is -0.338 e. The third-order valence-corrected chi connectivity index (χ3v) is 3.60. The highest BCUT2D eigenvalue weighted by atomic mass is 35.5. The molecular formula is C15H22Cl2N3O2+. The number of amides is 3. The summed E-state index contributed by atoms with van der Waals surface area (Å²) >= 11 is 12.0. The maximum Gasteiger partial charge on any atom is 0.321 e. The van der Waals surface area contributed by atoms with Gasteiger partial charge in [0, 0.05) is 17.1 Å². The number of imide groups is 1. The van der Waals surface area contributed by atoms with Crippen molar-refractivity contribution in [2.45, 2.75) is 26.8 Å². The second-order valence-corrected chi connectivity index (χ2v) is 6.39. The Labute approximate surface area is 140 Å². The van der Waals surface area contributed by atoms with Crippen LogP contribution in [0.15, 0.2) is 18.2 Å². The molecule has 22 heavy (non-hydrogen) atoms. The van der Waals surface area contributed by atoms with Crippen molar-refractivity contribution in [2.75, 3.05) is 13.1 Å². The normalized spacial score (nSPS) is 12.1. The van der Waals surface area contributed by atoms with Crippen LogP contribution in [0, 0.1) is 5.92 Å². The van der Waals surface area contributed by atoms with Crippen molar-refractivity contribution in [3.63, 3.8) is 0 Å². The number of nitrogens with two attached hydrogens (primary N) is 1. The number of hydrogen-bond donors (Lipinski definition) is 3. The SMILES string of the molecule is CC(C)CNC(=O)NC(=O)C[NH2+][C@H](C)c1ccc(Cl)cc1Cl. The van der Waals surface area contributed by atoms with Gasteiger partial charge in [0.15, 0.2) is 6.54 Å². The van der Waals surface area contributed by atoms with Gasteiger partial charge in [-0.15, -0.1) is 0 Å². The zero-order valence-electron chi connectivity index (χ0n) is 13.0. The van der Waals surface area contributed by atoms with E-state index in [0.29, 0.717) is 22.5 Å². The zero-order chi connectivity index (χ0) is 16.7. The predicted octanol–water partition coefficient (Wildman–Crippen LogP) is 2.10. The Morgan fingerprint density at radius 1 is 1.23 bits per heavy atom. The fraction of sp³-hybridized carbons (Fsp3) is 0.467. The van der Waals surface area contributed by atoms with Crippen LogP contribution < -0.4 is 16.0 Å². The summed E-state index contributed by atoms with van der Waals surface area (Å²) in [4.78, 5) is 23.2. The van der Waals surface area contributed by atoms with E-state index in [2.05, 4.69) is 10.6 Å². The van der Waals surface area contributed by atoms with E-state index in [1.54, 1.807) is 17.4 Å². The Kier molecular flexibility index (Phi) is 7.65. The number of rotatable bonds is 6. The highest BCUT2D eigenvalue weighted by Gasteiger charge is 2.16.